The summed E-state index contributed by atoms with van der Waals surface area (Å²) in [6, 6.07) is 20.8. The molecule has 9 heteroatoms. The van der Waals surface area contributed by atoms with E-state index in [9.17, 15) is 13.2 Å². The van der Waals surface area contributed by atoms with Gasteiger partial charge in [0.05, 0.1) is 29.7 Å². The number of hydrogen-bond donors (Lipinski definition) is 1. The highest BCUT2D eigenvalue weighted by atomic mass is 32.2. The minimum atomic E-state index is -4.02. The van der Waals surface area contributed by atoms with Crippen LogP contribution in [0.2, 0.25) is 0 Å². The van der Waals surface area contributed by atoms with Gasteiger partial charge in [0.2, 0.25) is 5.91 Å². The largest absolute Gasteiger partial charge is 0.496 e. The van der Waals surface area contributed by atoms with Crippen LogP contribution in [0.4, 0.5) is 5.69 Å². The van der Waals surface area contributed by atoms with Crippen molar-refractivity contribution in [3.05, 3.63) is 103 Å². The van der Waals surface area contributed by atoms with Crippen molar-refractivity contribution < 1.29 is 17.9 Å². The van der Waals surface area contributed by atoms with E-state index in [2.05, 4.69) is 10.3 Å². The third kappa shape index (κ3) is 5.36. The molecule has 35 heavy (non-hydrogen) atoms. The summed E-state index contributed by atoms with van der Waals surface area (Å²) in [6.07, 6.45) is 5.18. The number of rotatable bonds is 9. The molecule has 0 radical (unpaired) electrons. The Morgan fingerprint density at radius 3 is 2.49 bits per heavy atom. The van der Waals surface area contributed by atoms with Crippen molar-refractivity contribution in [1.82, 2.24) is 14.9 Å². The van der Waals surface area contributed by atoms with Gasteiger partial charge < -0.3 is 14.6 Å². The number of imidazole rings is 1. The topological polar surface area (TPSA) is 93.5 Å². The third-order valence-corrected chi connectivity index (χ3v) is 7.31. The van der Waals surface area contributed by atoms with E-state index in [1.54, 1.807) is 61.9 Å². The Hall–Kier alpha value is -4.11. The van der Waals surface area contributed by atoms with Crippen molar-refractivity contribution in [1.29, 1.82) is 0 Å². The van der Waals surface area contributed by atoms with Gasteiger partial charge in [-0.2, -0.15) is 0 Å². The van der Waals surface area contributed by atoms with Crippen LogP contribution < -0.4 is 14.4 Å². The molecule has 4 aromatic rings. The van der Waals surface area contributed by atoms with Crippen molar-refractivity contribution in [2.75, 3.05) is 18.0 Å². The van der Waals surface area contributed by atoms with E-state index in [-0.39, 0.29) is 18.0 Å². The normalized spacial score (nSPS) is 11.1. The summed E-state index contributed by atoms with van der Waals surface area (Å²) in [7, 11) is -2.49. The molecule has 3 aromatic carbocycles. The lowest BCUT2D eigenvalue weighted by molar-refractivity contribution is -0.119. The first-order chi connectivity index (χ1) is 16.9. The summed E-state index contributed by atoms with van der Waals surface area (Å²) >= 11 is 0. The standard InChI is InChI=1S/C26H26N4O4S/c1-20-16-23(12-13-25(20)34-2)35(32,33)30(22-9-4-3-5-10-22)18-26(31)28-17-21-8-6-7-11-24(21)29-15-14-27-19-29/h3-16,19H,17-18H2,1-2H3,(H,28,31). The van der Waals surface area contributed by atoms with Gasteiger partial charge in [0.25, 0.3) is 10.0 Å². The van der Waals surface area contributed by atoms with Gasteiger partial charge in [-0.3, -0.25) is 9.10 Å². The molecule has 0 aliphatic heterocycles. The first-order valence-corrected chi connectivity index (χ1v) is 12.4. The second-order valence-electron chi connectivity index (χ2n) is 7.85. The zero-order valence-electron chi connectivity index (χ0n) is 19.5. The molecular weight excluding hydrogens is 464 g/mol. The van der Waals surface area contributed by atoms with Gasteiger partial charge in [0.1, 0.15) is 12.3 Å². The molecule has 4 rings (SSSR count). The van der Waals surface area contributed by atoms with Crippen molar-refractivity contribution >= 4 is 21.6 Å². The average molecular weight is 491 g/mol. The van der Waals surface area contributed by atoms with Gasteiger partial charge in [-0.05, 0) is 54.4 Å². The van der Waals surface area contributed by atoms with E-state index in [1.165, 1.54) is 13.2 Å². The second-order valence-corrected chi connectivity index (χ2v) is 9.72. The molecule has 0 unspecified atom stereocenters. The Morgan fingerprint density at radius 2 is 1.80 bits per heavy atom. The number of para-hydroxylation sites is 2. The van der Waals surface area contributed by atoms with Crippen LogP contribution >= 0.6 is 0 Å². The first-order valence-electron chi connectivity index (χ1n) is 11.0. The predicted octanol–water partition coefficient (Wildman–Crippen LogP) is 3.70. The van der Waals surface area contributed by atoms with Gasteiger partial charge in [-0.15, -0.1) is 0 Å². The zero-order valence-corrected chi connectivity index (χ0v) is 20.3. The Bertz CT molecular complexity index is 1400. The average Bonchev–Trinajstić information content (AvgIpc) is 3.41. The molecular formula is C26H26N4O4S. The van der Waals surface area contributed by atoms with Gasteiger partial charge in [-0.1, -0.05) is 36.4 Å². The minimum absolute atomic E-state index is 0.0814. The molecule has 180 valence electrons. The van der Waals surface area contributed by atoms with Crippen molar-refractivity contribution in [3.8, 4) is 11.4 Å². The molecule has 1 heterocycles. The highest BCUT2D eigenvalue weighted by Gasteiger charge is 2.27. The smallest absolute Gasteiger partial charge is 0.264 e. The Kier molecular flexibility index (Phi) is 7.17. The maximum Gasteiger partial charge on any atom is 0.264 e. The van der Waals surface area contributed by atoms with E-state index in [1.807, 2.05) is 35.0 Å². The number of sulfonamides is 1. The SMILES string of the molecule is COc1ccc(S(=O)(=O)N(CC(=O)NCc2ccccc2-n2ccnc2)c2ccccc2)cc1C. The number of carbonyl (C=O) groups is 1. The molecule has 0 spiro atoms. The van der Waals surface area contributed by atoms with Crippen molar-refractivity contribution in [3.63, 3.8) is 0 Å². The lowest BCUT2D eigenvalue weighted by Crippen LogP contribution is -2.40. The van der Waals surface area contributed by atoms with E-state index >= 15 is 0 Å². The van der Waals surface area contributed by atoms with Crippen LogP contribution in [0.3, 0.4) is 0 Å². The summed E-state index contributed by atoms with van der Waals surface area (Å²) in [5.74, 6) is 0.160. The van der Waals surface area contributed by atoms with Crippen LogP contribution in [0.1, 0.15) is 11.1 Å². The van der Waals surface area contributed by atoms with Gasteiger partial charge in [0, 0.05) is 18.9 Å². The Balaban J connectivity index is 1.57. The molecule has 1 aromatic heterocycles. The molecule has 1 amide bonds. The molecule has 8 nitrogen and oxygen atoms in total. The molecule has 0 aliphatic carbocycles. The molecule has 0 fully saturated rings. The number of amides is 1. The van der Waals surface area contributed by atoms with Crippen molar-refractivity contribution in [2.24, 2.45) is 0 Å². The number of nitrogens with zero attached hydrogens (tertiary/aromatic N) is 3. The number of hydrogen-bond acceptors (Lipinski definition) is 5. The molecule has 0 saturated heterocycles. The van der Waals surface area contributed by atoms with Crippen molar-refractivity contribution in [2.45, 2.75) is 18.4 Å². The number of benzene rings is 3. The number of ether oxygens (including phenoxy) is 1. The summed E-state index contributed by atoms with van der Waals surface area (Å²) < 4.78 is 35.4. The van der Waals surface area contributed by atoms with Crippen LogP contribution in [-0.4, -0.2) is 37.5 Å². The molecule has 0 bridgehead atoms. The number of nitrogens with one attached hydrogen (secondary N) is 1. The number of anilines is 1. The fourth-order valence-corrected chi connectivity index (χ4v) is 5.25. The Labute approximate surface area is 204 Å². The molecule has 0 atom stereocenters. The zero-order chi connectivity index (χ0) is 24.8. The third-order valence-electron chi connectivity index (χ3n) is 5.54. The number of carbonyl (C=O) groups excluding carboxylic acids is 1. The first kappa shape index (κ1) is 24.0. The maximum atomic E-state index is 13.6. The minimum Gasteiger partial charge on any atom is -0.496 e. The fourth-order valence-electron chi connectivity index (χ4n) is 3.74. The van der Waals surface area contributed by atoms with E-state index in [0.29, 0.717) is 17.0 Å². The number of aryl methyl sites for hydroxylation is 1. The lowest BCUT2D eigenvalue weighted by atomic mass is 10.1. The predicted molar refractivity (Wildman–Crippen MR) is 134 cm³/mol. The molecule has 0 aliphatic rings. The maximum absolute atomic E-state index is 13.6. The van der Waals surface area contributed by atoms with Gasteiger partial charge in [-0.25, -0.2) is 13.4 Å². The van der Waals surface area contributed by atoms with E-state index in [0.717, 1.165) is 15.6 Å². The summed E-state index contributed by atoms with van der Waals surface area (Å²) in [5.41, 5.74) is 2.84. The highest BCUT2D eigenvalue weighted by Crippen LogP contribution is 2.27. The number of methoxy groups -OCH3 is 1. The Morgan fingerprint density at radius 1 is 1.06 bits per heavy atom. The van der Waals surface area contributed by atoms with Crippen LogP contribution in [-0.2, 0) is 21.4 Å². The second kappa shape index (κ2) is 10.4. The quantitative estimate of drug-likeness (QED) is 0.386. The lowest BCUT2D eigenvalue weighted by Gasteiger charge is -2.24. The van der Waals surface area contributed by atoms with Gasteiger partial charge >= 0.3 is 0 Å². The van der Waals surface area contributed by atoms with Crippen LogP contribution in [0, 0.1) is 6.92 Å². The van der Waals surface area contributed by atoms with Crippen LogP contribution in [0.15, 0.2) is 96.4 Å². The molecule has 1 N–H and O–H groups in total. The number of aromatic nitrogens is 2. The summed E-state index contributed by atoms with van der Waals surface area (Å²) in [4.78, 5) is 17.1. The van der Waals surface area contributed by atoms with E-state index < -0.39 is 15.9 Å². The molecule has 0 saturated carbocycles. The van der Waals surface area contributed by atoms with E-state index in [4.69, 9.17) is 4.74 Å². The van der Waals surface area contributed by atoms with Gasteiger partial charge in [0.15, 0.2) is 0 Å². The van der Waals surface area contributed by atoms with Crippen LogP contribution in [0.5, 0.6) is 5.75 Å². The summed E-state index contributed by atoms with van der Waals surface area (Å²) in [5, 5.41) is 2.86. The highest BCUT2D eigenvalue weighted by molar-refractivity contribution is 7.92. The fraction of sp³-hybridized carbons (Fsp3) is 0.154. The monoisotopic (exact) mass is 490 g/mol. The summed E-state index contributed by atoms with van der Waals surface area (Å²) in [6.45, 7) is 1.64. The van der Waals surface area contributed by atoms with Crippen LogP contribution in [0.25, 0.3) is 5.69 Å².